The van der Waals surface area contributed by atoms with Crippen molar-refractivity contribution >= 4 is 33.0 Å². The van der Waals surface area contributed by atoms with E-state index in [1.165, 1.54) is 31.2 Å². The van der Waals surface area contributed by atoms with Crippen LogP contribution in [0.1, 0.15) is 30.1 Å². The topological polar surface area (TPSA) is 92.1 Å². The van der Waals surface area contributed by atoms with Gasteiger partial charge in [-0.1, -0.05) is 18.5 Å². The number of ketones is 2. The number of hydrogen-bond donors (Lipinski definition) is 0. The summed E-state index contributed by atoms with van der Waals surface area (Å²) in [6, 6.07) is 6.72. The number of nitrogens with zero attached hydrogens (tertiary/aromatic N) is 1. The predicted octanol–water partition coefficient (Wildman–Crippen LogP) is 2.14. The first-order valence-electron chi connectivity index (χ1n) is 6.78. The molecule has 1 fully saturated rings. The van der Waals surface area contributed by atoms with Crippen LogP contribution in [-0.2, 0) is 14.6 Å². The molecule has 1 aromatic carbocycles. The second kappa shape index (κ2) is 5.82. The first kappa shape index (κ1) is 16.7. The highest BCUT2D eigenvalue weighted by molar-refractivity contribution is 7.91. The summed E-state index contributed by atoms with van der Waals surface area (Å²) >= 11 is 5.97. The van der Waals surface area contributed by atoms with E-state index >= 15 is 0 Å². The van der Waals surface area contributed by atoms with Crippen molar-refractivity contribution in [3.63, 3.8) is 0 Å². The summed E-state index contributed by atoms with van der Waals surface area (Å²) in [6.07, 6.45) is 1.27. The molecule has 1 aliphatic rings. The molecule has 0 spiro atoms. The third-order valence-electron chi connectivity index (χ3n) is 3.61. The number of sulfone groups is 1. The van der Waals surface area contributed by atoms with Gasteiger partial charge in [0, 0.05) is 11.5 Å². The molecule has 1 saturated carbocycles. The van der Waals surface area contributed by atoms with Gasteiger partial charge in [0.1, 0.15) is 6.07 Å². The highest BCUT2D eigenvalue weighted by atomic mass is 35.5. The fourth-order valence-electron chi connectivity index (χ4n) is 2.02. The minimum Gasteiger partial charge on any atom is -0.296 e. The molecule has 0 saturated heterocycles. The fourth-order valence-corrected chi connectivity index (χ4v) is 3.17. The van der Waals surface area contributed by atoms with Gasteiger partial charge >= 0.3 is 0 Å². The van der Waals surface area contributed by atoms with Gasteiger partial charge in [-0.25, -0.2) is 8.42 Å². The lowest BCUT2D eigenvalue weighted by molar-refractivity contribution is -0.120. The number of benzene rings is 1. The SMILES string of the molecule is CCS(=O)(=O)c1ccc(C(=O)C(Cl)(C#N)C(=O)C2CC2)cc1. The maximum atomic E-state index is 12.4. The molecule has 0 aliphatic heterocycles. The summed E-state index contributed by atoms with van der Waals surface area (Å²) in [7, 11) is -3.38. The molecule has 0 bridgehead atoms. The van der Waals surface area contributed by atoms with Crippen molar-refractivity contribution in [2.45, 2.75) is 29.5 Å². The van der Waals surface area contributed by atoms with Gasteiger partial charge in [0.2, 0.25) is 5.78 Å². The fraction of sp³-hybridized carbons (Fsp3) is 0.400. The van der Waals surface area contributed by atoms with Crippen molar-refractivity contribution < 1.29 is 18.0 Å². The molecule has 7 heteroatoms. The summed E-state index contributed by atoms with van der Waals surface area (Å²) in [5.41, 5.74) is 0.0422. The van der Waals surface area contributed by atoms with Gasteiger partial charge in [-0.05, 0) is 37.1 Å². The van der Waals surface area contributed by atoms with Crippen LogP contribution < -0.4 is 0 Å². The molecule has 1 unspecified atom stereocenters. The van der Waals surface area contributed by atoms with Gasteiger partial charge in [-0.15, -0.1) is 0 Å². The van der Waals surface area contributed by atoms with Gasteiger partial charge in [0.05, 0.1) is 10.6 Å². The third kappa shape index (κ3) is 2.92. The summed E-state index contributed by atoms with van der Waals surface area (Å²) in [6.45, 7) is 1.52. The number of carbonyl (C=O) groups is 2. The van der Waals surface area contributed by atoms with E-state index in [0.717, 1.165) is 0 Å². The number of nitriles is 1. The number of carbonyl (C=O) groups excluding carboxylic acids is 2. The zero-order valence-electron chi connectivity index (χ0n) is 11.9. The molecule has 0 radical (unpaired) electrons. The van der Waals surface area contributed by atoms with Crippen LogP contribution in [-0.4, -0.2) is 30.6 Å². The van der Waals surface area contributed by atoms with E-state index in [4.69, 9.17) is 16.9 Å². The first-order valence-corrected chi connectivity index (χ1v) is 8.81. The smallest absolute Gasteiger partial charge is 0.250 e. The number of halogens is 1. The molecular formula is C15H14ClNO4S. The quantitative estimate of drug-likeness (QED) is 0.450. The number of alkyl halides is 1. The molecular weight excluding hydrogens is 326 g/mol. The lowest BCUT2D eigenvalue weighted by Gasteiger charge is -2.16. The molecule has 0 heterocycles. The van der Waals surface area contributed by atoms with Crippen LogP contribution in [0.4, 0.5) is 0 Å². The van der Waals surface area contributed by atoms with Crippen LogP contribution in [0.15, 0.2) is 29.2 Å². The molecule has 1 atom stereocenters. The Balaban J connectivity index is 2.33. The molecule has 1 aliphatic carbocycles. The van der Waals surface area contributed by atoms with Crippen molar-refractivity contribution in [2.24, 2.45) is 5.92 Å². The summed E-state index contributed by atoms with van der Waals surface area (Å²) < 4.78 is 23.4. The Hall–Kier alpha value is -1.71. The summed E-state index contributed by atoms with van der Waals surface area (Å²) in [4.78, 5) is 22.3. The van der Waals surface area contributed by atoms with Gasteiger partial charge < -0.3 is 0 Å². The molecule has 1 aromatic rings. The van der Waals surface area contributed by atoms with E-state index < -0.39 is 26.3 Å². The largest absolute Gasteiger partial charge is 0.296 e. The van der Waals surface area contributed by atoms with Gasteiger partial charge in [0.25, 0.3) is 4.87 Å². The van der Waals surface area contributed by atoms with Crippen molar-refractivity contribution in [1.29, 1.82) is 5.26 Å². The predicted molar refractivity (Wildman–Crippen MR) is 80.4 cm³/mol. The average molecular weight is 340 g/mol. The van der Waals surface area contributed by atoms with Crippen LogP contribution in [0.5, 0.6) is 0 Å². The van der Waals surface area contributed by atoms with Crippen molar-refractivity contribution in [3.05, 3.63) is 29.8 Å². The Morgan fingerprint density at radius 3 is 2.27 bits per heavy atom. The summed E-state index contributed by atoms with van der Waals surface area (Å²) in [5.74, 6) is -1.78. The first-order chi connectivity index (χ1) is 10.3. The molecule has 22 heavy (non-hydrogen) atoms. The number of rotatable bonds is 6. The zero-order chi connectivity index (χ0) is 16.5. The van der Waals surface area contributed by atoms with Gasteiger partial charge in [0.15, 0.2) is 15.6 Å². The average Bonchev–Trinajstić information content (AvgIpc) is 3.37. The molecule has 0 N–H and O–H groups in total. The van der Waals surface area contributed by atoms with Crippen LogP contribution >= 0.6 is 11.6 Å². The van der Waals surface area contributed by atoms with Crippen LogP contribution in [0.25, 0.3) is 0 Å². The van der Waals surface area contributed by atoms with Gasteiger partial charge in [-0.3, -0.25) is 9.59 Å². The van der Waals surface area contributed by atoms with Crippen molar-refractivity contribution in [3.8, 4) is 6.07 Å². The lowest BCUT2D eigenvalue weighted by Crippen LogP contribution is -2.41. The van der Waals surface area contributed by atoms with Crippen molar-refractivity contribution in [1.82, 2.24) is 0 Å². The maximum Gasteiger partial charge on any atom is 0.250 e. The highest BCUT2D eigenvalue weighted by Gasteiger charge is 2.50. The van der Waals surface area contributed by atoms with E-state index in [1.807, 2.05) is 0 Å². The van der Waals surface area contributed by atoms with Gasteiger partial charge in [-0.2, -0.15) is 5.26 Å². The van der Waals surface area contributed by atoms with E-state index in [1.54, 1.807) is 6.07 Å². The minimum atomic E-state index is -3.38. The number of Topliss-reactive ketones (excluding diaryl/α,β-unsaturated/α-hetero) is 2. The van der Waals surface area contributed by atoms with Crippen LogP contribution in [0.3, 0.4) is 0 Å². The minimum absolute atomic E-state index is 0.0422. The van der Waals surface area contributed by atoms with Crippen LogP contribution in [0, 0.1) is 17.2 Å². The lowest BCUT2D eigenvalue weighted by atomic mass is 9.91. The van der Waals surface area contributed by atoms with E-state index in [2.05, 4.69) is 0 Å². The Bertz CT molecular complexity index is 760. The molecule has 0 amide bonds. The Labute approximate surface area is 133 Å². The Morgan fingerprint density at radius 2 is 1.86 bits per heavy atom. The standard InChI is InChI=1S/C15H14ClNO4S/c1-2-22(20,21)12-7-5-11(6-8-12)14(19)15(16,9-17)13(18)10-3-4-10/h5-8,10H,2-4H2,1H3. The monoisotopic (exact) mass is 339 g/mol. The third-order valence-corrected chi connectivity index (χ3v) is 5.80. The molecule has 2 rings (SSSR count). The number of hydrogen-bond acceptors (Lipinski definition) is 5. The summed E-state index contributed by atoms with van der Waals surface area (Å²) in [5, 5.41) is 9.17. The second-order valence-electron chi connectivity index (χ2n) is 5.17. The maximum absolute atomic E-state index is 12.4. The highest BCUT2D eigenvalue weighted by Crippen LogP contribution is 2.37. The van der Waals surface area contributed by atoms with E-state index in [9.17, 15) is 18.0 Å². The molecule has 116 valence electrons. The molecule has 0 aromatic heterocycles. The Morgan fingerprint density at radius 1 is 1.32 bits per heavy atom. The molecule has 5 nitrogen and oxygen atoms in total. The normalized spacial score (nSPS) is 17.3. The van der Waals surface area contributed by atoms with E-state index in [0.29, 0.717) is 12.8 Å². The second-order valence-corrected chi connectivity index (χ2v) is 8.01. The Kier molecular flexibility index (Phi) is 4.41. The zero-order valence-corrected chi connectivity index (χ0v) is 13.4. The van der Waals surface area contributed by atoms with E-state index in [-0.39, 0.29) is 22.1 Å². The van der Waals surface area contributed by atoms with Crippen LogP contribution in [0.2, 0.25) is 0 Å². The van der Waals surface area contributed by atoms with Crippen molar-refractivity contribution in [2.75, 3.05) is 5.75 Å².